The summed E-state index contributed by atoms with van der Waals surface area (Å²) in [4.78, 5) is 4.37. The summed E-state index contributed by atoms with van der Waals surface area (Å²) in [6.45, 7) is 10.9. The first-order chi connectivity index (χ1) is 9.42. The average Bonchev–Trinajstić information content (AvgIpc) is 3.05. The van der Waals surface area contributed by atoms with E-state index >= 15 is 0 Å². The van der Waals surface area contributed by atoms with Gasteiger partial charge in [0.15, 0.2) is 5.82 Å². The molecule has 0 bridgehead atoms. The zero-order valence-corrected chi connectivity index (χ0v) is 13.4. The van der Waals surface area contributed by atoms with E-state index in [9.17, 15) is 0 Å². The van der Waals surface area contributed by atoms with Gasteiger partial charge < -0.3 is 4.52 Å². The molecular weight excluding hydrogens is 274 g/mol. The van der Waals surface area contributed by atoms with Crippen LogP contribution in [0.1, 0.15) is 62.3 Å². The number of nitrogens with zero attached hydrogens (tertiary/aromatic N) is 4. The van der Waals surface area contributed by atoms with E-state index in [1.807, 2.05) is 20.8 Å². The van der Waals surface area contributed by atoms with Crippen LogP contribution in [0.2, 0.25) is 0 Å². The predicted molar refractivity (Wildman–Crippen MR) is 77.5 cm³/mol. The van der Waals surface area contributed by atoms with Crippen LogP contribution in [-0.4, -0.2) is 20.3 Å². The monoisotopic (exact) mass is 295 g/mol. The third-order valence-electron chi connectivity index (χ3n) is 2.99. The summed E-state index contributed by atoms with van der Waals surface area (Å²) in [6, 6.07) is 0. The molecule has 2 heterocycles. The van der Waals surface area contributed by atoms with Crippen molar-refractivity contribution in [3.05, 3.63) is 21.7 Å². The van der Waals surface area contributed by atoms with Crippen molar-refractivity contribution in [3.63, 3.8) is 0 Å². The smallest absolute Gasteiger partial charge is 0.226 e. The predicted octanol–water partition coefficient (Wildman–Crippen LogP) is 2.63. The molecule has 6 nitrogen and oxygen atoms in total. The van der Waals surface area contributed by atoms with Crippen LogP contribution in [0.15, 0.2) is 4.52 Å². The Morgan fingerprint density at radius 2 is 2.05 bits per heavy atom. The van der Waals surface area contributed by atoms with E-state index in [2.05, 4.69) is 39.5 Å². The molecule has 20 heavy (non-hydrogen) atoms. The second kappa shape index (κ2) is 5.97. The highest BCUT2D eigenvalue weighted by Gasteiger charge is 2.26. The fourth-order valence-corrected chi connectivity index (χ4v) is 2.38. The van der Waals surface area contributed by atoms with Crippen molar-refractivity contribution in [3.8, 4) is 0 Å². The lowest BCUT2D eigenvalue weighted by Crippen LogP contribution is -2.37. The molecule has 0 amide bonds. The summed E-state index contributed by atoms with van der Waals surface area (Å²) < 4.78 is 5.16. The summed E-state index contributed by atoms with van der Waals surface area (Å²) >= 11 is 1.64. The largest absolute Gasteiger partial charge is 0.339 e. The van der Waals surface area contributed by atoms with Crippen LogP contribution in [0.3, 0.4) is 0 Å². The van der Waals surface area contributed by atoms with Gasteiger partial charge in [-0.2, -0.15) is 4.98 Å². The third kappa shape index (κ3) is 3.40. The van der Waals surface area contributed by atoms with Crippen LogP contribution in [-0.2, 0) is 18.5 Å². The molecule has 2 rings (SSSR count). The SMILES string of the molecule is CCc1nc(C(C)(C)NCc2nnc(C(C)C)s2)no1. The molecular formula is C13H21N5OS. The first kappa shape index (κ1) is 15.1. The minimum Gasteiger partial charge on any atom is -0.339 e. The van der Waals surface area contributed by atoms with E-state index in [4.69, 9.17) is 4.52 Å². The molecule has 0 saturated heterocycles. The highest BCUT2D eigenvalue weighted by atomic mass is 32.1. The van der Waals surface area contributed by atoms with E-state index in [0.29, 0.717) is 24.2 Å². The van der Waals surface area contributed by atoms with E-state index in [-0.39, 0.29) is 5.54 Å². The lowest BCUT2D eigenvalue weighted by Gasteiger charge is -2.21. The zero-order valence-electron chi connectivity index (χ0n) is 12.6. The number of hydrogen-bond acceptors (Lipinski definition) is 7. The Balaban J connectivity index is 2.00. The van der Waals surface area contributed by atoms with Gasteiger partial charge in [0.05, 0.1) is 12.1 Å². The Hall–Kier alpha value is -1.34. The summed E-state index contributed by atoms with van der Waals surface area (Å²) in [6.07, 6.45) is 0.747. The molecule has 0 fully saturated rings. The van der Waals surface area contributed by atoms with Gasteiger partial charge in [0.25, 0.3) is 0 Å². The van der Waals surface area contributed by atoms with Gasteiger partial charge in [0.2, 0.25) is 5.89 Å². The Labute approximate surface area is 123 Å². The molecule has 0 atom stereocenters. The quantitative estimate of drug-likeness (QED) is 0.882. The number of aryl methyl sites for hydroxylation is 1. The van der Waals surface area contributed by atoms with Gasteiger partial charge in [-0.25, -0.2) is 0 Å². The van der Waals surface area contributed by atoms with Crippen LogP contribution in [0, 0.1) is 0 Å². The van der Waals surface area contributed by atoms with Crippen LogP contribution >= 0.6 is 11.3 Å². The fourth-order valence-electron chi connectivity index (χ4n) is 1.60. The third-order valence-corrected chi connectivity index (χ3v) is 4.21. The van der Waals surface area contributed by atoms with Crippen molar-refractivity contribution in [1.29, 1.82) is 0 Å². The Morgan fingerprint density at radius 3 is 2.60 bits per heavy atom. The fraction of sp³-hybridized carbons (Fsp3) is 0.692. The highest BCUT2D eigenvalue weighted by molar-refractivity contribution is 7.11. The van der Waals surface area contributed by atoms with Gasteiger partial charge >= 0.3 is 0 Å². The van der Waals surface area contributed by atoms with Gasteiger partial charge in [-0.15, -0.1) is 10.2 Å². The molecule has 0 spiro atoms. The zero-order chi connectivity index (χ0) is 14.8. The molecule has 0 unspecified atom stereocenters. The Morgan fingerprint density at radius 1 is 1.30 bits per heavy atom. The molecule has 7 heteroatoms. The first-order valence-corrected chi connectivity index (χ1v) is 7.64. The maximum atomic E-state index is 5.16. The van der Waals surface area contributed by atoms with E-state index < -0.39 is 0 Å². The molecule has 0 saturated carbocycles. The molecule has 0 aliphatic rings. The minimum atomic E-state index is -0.361. The van der Waals surface area contributed by atoms with Crippen molar-refractivity contribution in [1.82, 2.24) is 25.7 Å². The summed E-state index contributed by atoms with van der Waals surface area (Å²) in [7, 11) is 0. The van der Waals surface area contributed by atoms with Crippen LogP contribution in [0.5, 0.6) is 0 Å². The number of rotatable bonds is 6. The number of hydrogen-bond donors (Lipinski definition) is 1. The lowest BCUT2D eigenvalue weighted by molar-refractivity contribution is 0.333. The van der Waals surface area contributed by atoms with Gasteiger partial charge in [-0.3, -0.25) is 5.32 Å². The van der Waals surface area contributed by atoms with E-state index in [1.54, 1.807) is 11.3 Å². The maximum absolute atomic E-state index is 5.16. The van der Waals surface area contributed by atoms with Crippen LogP contribution in [0.25, 0.3) is 0 Å². The van der Waals surface area contributed by atoms with Crippen molar-refractivity contribution in [2.24, 2.45) is 0 Å². The Kier molecular flexibility index (Phi) is 4.49. The lowest BCUT2D eigenvalue weighted by atomic mass is 10.1. The molecule has 1 N–H and O–H groups in total. The molecule has 110 valence electrons. The normalized spacial score (nSPS) is 12.3. The summed E-state index contributed by atoms with van der Waals surface area (Å²) in [5.74, 6) is 1.74. The highest BCUT2D eigenvalue weighted by Crippen LogP contribution is 2.21. The Bertz CT molecular complexity index is 561. The van der Waals surface area contributed by atoms with Crippen molar-refractivity contribution < 1.29 is 4.52 Å². The van der Waals surface area contributed by atoms with E-state index in [0.717, 1.165) is 16.4 Å². The summed E-state index contributed by atoms with van der Waals surface area (Å²) in [5.41, 5.74) is -0.361. The standard InChI is InChI=1S/C13H21N5OS/c1-6-9-15-12(18-19-9)13(4,5)14-7-10-16-17-11(20-10)8(2)3/h8,14H,6-7H2,1-5H3. The van der Waals surface area contributed by atoms with Gasteiger partial charge in [0, 0.05) is 12.3 Å². The van der Waals surface area contributed by atoms with E-state index in [1.165, 1.54) is 0 Å². The van der Waals surface area contributed by atoms with Crippen molar-refractivity contribution in [2.75, 3.05) is 0 Å². The van der Waals surface area contributed by atoms with Crippen molar-refractivity contribution in [2.45, 2.75) is 59.0 Å². The molecule has 2 aromatic heterocycles. The topological polar surface area (TPSA) is 76.7 Å². The van der Waals surface area contributed by atoms with Crippen LogP contribution < -0.4 is 5.32 Å². The first-order valence-electron chi connectivity index (χ1n) is 6.82. The molecule has 0 aliphatic heterocycles. The van der Waals surface area contributed by atoms with Crippen LogP contribution in [0.4, 0.5) is 0 Å². The number of nitrogens with one attached hydrogen (secondary N) is 1. The van der Waals surface area contributed by atoms with Crippen molar-refractivity contribution >= 4 is 11.3 Å². The minimum absolute atomic E-state index is 0.361. The second-order valence-corrected chi connectivity index (χ2v) is 6.63. The molecule has 0 radical (unpaired) electrons. The number of aromatic nitrogens is 4. The van der Waals surface area contributed by atoms with Gasteiger partial charge in [0.1, 0.15) is 10.0 Å². The van der Waals surface area contributed by atoms with Gasteiger partial charge in [-0.05, 0) is 13.8 Å². The second-order valence-electron chi connectivity index (χ2n) is 5.53. The molecule has 2 aromatic rings. The van der Waals surface area contributed by atoms with Gasteiger partial charge in [-0.1, -0.05) is 37.3 Å². The molecule has 0 aliphatic carbocycles. The maximum Gasteiger partial charge on any atom is 0.226 e. The summed E-state index contributed by atoms with van der Waals surface area (Å²) in [5, 5.41) is 17.8. The average molecular weight is 295 g/mol. The molecule has 0 aromatic carbocycles.